The van der Waals surface area contributed by atoms with Gasteiger partial charge in [-0.25, -0.2) is 4.98 Å². The summed E-state index contributed by atoms with van der Waals surface area (Å²) < 4.78 is 1.48. The maximum atomic E-state index is 5.49. The highest BCUT2D eigenvalue weighted by atomic mass is 15.3. The normalized spacial score (nSPS) is 10.1. The van der Waals surface area contributed by atoms with Crippen LogP contribution in [0.15, 0.2) is 0 Å². The third-order valence-electron chi connectivity index (χ3n) is 1.46. The molecule has 1 aromatic heterocycles. The lowest BCUT2D eigenvalue weighted by Gasteiger charge is -1.95. The Morgan fingerprint density at radius 2 is 2.11 bits per heavy atom. The second-order valence-corrected chi connectivity index (χ2v) is 2.07. The second-order valence-electron chi connectivity index (χ2n) is 2.07. The summed E-state index contributed by atoms with van der Waals surface area (Å²) in [6, 6.07) is 0. The molecule has 0 fully saturated rings. The molecule has 1 heterocycles. The SMILES string of the molecule is [CH2]c1nc(C)c(C)n1N. The van der Waals surface area contributed by atoms with Gasteiger partial charge in [-0.05, 0) is 13.8 Å². The van der Waals surface area contributed by atoms with Gasteiger partial charge in [0.2, 0.25) is 0 Å². The molecule has 3 nitrogen and oxygen atoms in total. The largest absolute Gasteiger partial charge is 0.338 e. The Balaban J connectivity index is 3.29. The lowest BCUT2D eigenvalue weighted by Crippen LogP contribution is -2.11. The Morgan fingerprint density at radius 3 is 2.22 bits per heavy atom. The third kappa shape index (κ3) is 0.781. The number of rotatable bonds is 0. The molecule has 1 radical (unpaired) electrons. The standard InChI is InChI=1S/C6H10N3/c1-4-5(2)9(7)6(3)8-4/h3,7H2,1-2H3. The maximum absolute atomic E-state index is 5.49. The molecule has 0 amide bonds. The van der Waals surface area contributed by atoms with Crippen LogP contribution < -0.4 is 5.84 Å². The van der Waals surface area contributed by atoms with E-state index in [4.69, 9.17) is 5.84 Å². The van der Waals surface area contributed by atoms with Crippen LogP contribution in [0.25, 0.3) is 0 Å². The van der Waals surface area contributed by atoms with Crippen LogP contribution in [0.1, 0.15) is 17.2 Å². The van der Waals surface area contributed by atoms with E-state index in [-0.39, 0.29) is 0 Å². The molecular formula is C6H10N3. The summed E-state index contributed by atoms with van der Waals surface area (Å²) in [5.74, 6) is 6.11. The fourth-order valence-electron chi connectivity index (χ4n) is 0.696. The first-order valence-corrected chi connectivity index (χ1v) is 2.76. The van der Waals surface area contributed by atoms with Crippen LogP contribution in [0.2, 0.25) is 0 Å². The minimum Gasteiger partial charge on any atom is -0.338 e. The number of nitrogens with zero attached hydrogens (tertiary/aromatic N) is 2. The first kappa shape index (κ1) is 6.13. The molecule has 1 aromatic rings. The van der Waals surface area contributed by atoms with E-state index >= 15 is 0 Å². The zero-order chi connectivity index (χ0) is 7.02. The van der Waals surface area contributed by atoms with Crippen molar-refractivity contribution < 1.29 is 0 Å². The molecule has 9 heavy (non-hydrogen) atoms. The van der Waals surface area contributed by atoms with Crippen molar-refractivity contribution >= 4 is 0 Å². The van der Waals surface area contributed by atoms with E-state index < -0.39 is 0 Å². The summed E-state index contributed by atoms with van der Waals surface area (Å²) in [5, 5.41) is 0. The van der Waals surface area contributed by atoms with Gasteiger partial charge in [0.1, 0.15) is 5.82 Å². The number of nitrogen functional groups attached to an aromatic ring is 1. The molecule has 3 heteroatoms. The molecule has 1 rings (SSSR count). The van der Waals surface area contributed by atoms with Crippen LogP contribution in [-0.2, 0) is 0 Å². The monoisotopic (exact) mass is 124 g/mol. The van der Waals surface area contributed by atoms with E-state index in [1.807, 2.05) is 13.8 Å². The topological polar surface area (TPSA) is 43.8 Å². The molecule has 0 unspecified atom stereocenters. The molecule has 0 aromatic carbocycles. The van der Waals surface area contributed by atoms with Crippen LogP contribution in [0, 0.1) is 20.8 Å². The van der Waals surface area contributed by atoms with Crippen molar-refractivity contribution in [2.75, 3.05) is 5.84 Å². The fraction of sp³-hybridized carbons (Fsp3) is 0.333. The van der Waals surface area contributed by atoms with Crippen molar-refractivity contribution in [2.24, 2.45) is 0 Å². The van der Waals surface area contributed by atoms with Crippen LogP contribution >= 0.6 is 0 Å². The molecule has 0 spiro atoms. The summed E-state index contributed by atoms with van der Waals surface area (Å²) in [5.41, 5.74) is 1.92. The molecule has 0 bridgehead atoms. The molecule has 49 valence electrons. The number of hydrogen-bond acceptors (Lipinski definition) is 2. The zero-order valence-electron chi connectivity index (χ0n) is 5.68. The van der Waals surface area contributed by atoms with Crippen molar-refractivity contribution in [3.05, 3.63) is 24.1 Å². The molecule has 0 aliphatic rings. The fourth-order valence-corrected chi connectivity index (χ4v) is 0.696. The number of imidazole rings is 1. The van der Waals surface area contributed by atoms with E-state index in [9.17, 15) is 0 Å². The van der Waals surface area contributed by atoms with Gasteiger partial charge in [-0.1, -0.05) is 0 Å². The van der Waals surface area contributed by atoms with Gasteiger partial charge in [0, 0.05) is 6.92 Å². The van der Waals surface area contributed by atoms with Gasteiger partial charge in [-0.3, -0.25) is 4.68 Å². The summed E-state index contributed by atoms with van der Waals surface area (Å²) in [7, 11) is 0. The van der Waals surface area contributed by atoms with E-state index in [0.29, 0.717) is 5.82 Å². The van der Waals surface area contributed by atoms with Crippen LogP contribution in [-0.4, -0.2) is 9.66 Å². The summed E-state index contributed by atoms with van der Waals surface area (Å²) in [4.78, 5) is 4.04. The van der Waals surface area contributed by atoms with Crippen LogP contribution in [0.4, 0.5) is 0 Å². The quantitative estimate of drug-likeness (QED) is 0.508. The van der Waals surface area contributed by atoms with Crippen molar-refractivity contribution in [3.8, 4) is 0 Å². The lowest BCUT2D eigenvalue weighted by atomic mass is 10.4. The van der Waals surface area contributed by atoms with Crippen molar-refractivity contribution in [2.45, 2.75) is 13.8 Å². The highest BCUT2D eigenvalue weighted by molar-refractivity contribution is 5.15. The third-order valence-corrected chi connectivity index (χ3v) is 1.46. The average Bonchev–Trinajstić information content (AvgIpc) is 1.98. The van der Waals surface area contributed by atoms with Crippen molar-refractivity contribution in [1.82, 2.24) is 9.66 Å². The minimum atomic E-state index is 0.616. The molecule has 0 saturated heterocycles. The van der Waals surface area contributed by atoms with E-state index in [1.165, 1.54) is 4.68 Å². The minimum absolute atomic E-state index is 0.616. The van der Waals surface area contributed by atoms with Gasteiger partial charge < -0.3 is 5.84 Å². The van der Waals surface area contributed by atoms with Gasteiger partial charge in [-0.15, -0.1) is 0 Å². The summed E-state index contributed by atoms with van der Waals surface area (Å²) in [6.45, 7) is 7.45. The van der Waals surface area contributed by atoms with Crippen LogP contribution in [0.5, 0.6) is 0 Å². The number of nitrogens with two attached hydrogens (primary N) is 1. The Morgan fingerprint density at radius 1 is 1.56 bits per heavy atom. The van der Waals surface area contributed by atoms with Crippen molar-refractivity contribution in [1.29, 1.82) is 0 Å². The van der Waals surface area contributed by atoms with Gasteiger partial charge in [0.25, 0.3) is 0 Å². The van der Waals surface area contributed by atoms with Crippen LogP contribution in [0.3, 0.4) is 0 Å². The average molecular weight is 124 g/mol. The predicted molar refractivity (Wildman–Crippen MR) is 36.3 cm³/mol. The second kappa shape index (κ2) is 1.76. The summed E-state index contributed by atoms with van der Waals surface area (Å²) >= 11 is 0. The number of aryl methyl sites for hydroxylation is 1. The molecule has 0 aliphatic heterocycles. The molecule has 0 atom stereocenters. The number of aromatic nitrogens is 2. The Labute approximate surface area is 54.5 Å². The summed E-state index contributed by atoms with van der Waals surface area (Å²) in [6.07, 6.45) is 0. The van der Waals surface area contributed by atoms with E-state index in [2.05, 4.69) is 11.9 Å². The first-order valence-electron chi connectivity index (χ1n) is 2.76. The first-order chi connectivity index (χ1) is 4.13. The van der Waals surface area contributed by atoms with Crippen molar-refractivity contribution in [3.63, 3.8) is 0 Å². The highest BCUT2D eigenvalue weighted by Gasteiger charge is 2.01. The van der Waals surface area contributed by atoms with E-state index in [0.717, 1.165) is 11.4 Å². The number of hydrogen-bond donors (Lipinski definition) is 1. The zero-order valence-corrected chi connectivity index (χ0v) is 5.68. The predicted octanol–water partition coefficient (Wildman–Crippen LogP) is 0.396. The van der Waals surface area contributed by atoms with E-state index in [1.54, 1.807) is 0 Å². The van der Waals surface area contributed by atoms with Gasteiger partial charge >= 0.3 is 0 Å². The Hall–Kier alpha value is -0.990. The highest BCUT2D eigenvalue weighted by Crippen LogP contribution is 2.03. The molecule has 0 saturated carbocycles. The molecule has 0 aliphatic carbocycles. The Kier molecular flexibility index (Phi) is 1.20. The van der Waals surface area contributed by atoms with Gasteiger partial charge in [-0.2, -0.15) is 0 Å². The molecular weight excluding hydrogens is 114 g/mol. The molecule has 2 N–H and O–H groups in total. The van der Waals surface area contributed by atoms with Gasteiger partial charge in [0.15, 0.2) is 0 Å². The smallest absolute Gasteiger partial charge is 0.128 e. The van der Waals surface area contributed by atoms with Gasteiger partial charge in [0.05, 0.1) is 11.4 Å². The lowest BCUT2D eigenvalue weighted by molar-refractivity contribution is 0.921. The Bertz CT molecular complexity index is 202. The maximum Gasteiger partial charge on any atom is 0.128 e.